The van der Waals surface area contributed by atoms with E-state index in [1.165, 1.54) is 0 Å². The second-order valence-corrected chi connectivity index (χ2v) is 8.78. The van der Waals surface area contributed by atoms with Crippen LogP contribution in [0.4, 0.5) is 0 Å². The molecule has 0 bridgehead atoms. The fourth-order valence-corrected chi connectivity index (χ4v) is 4.12. The van der Waals surface area contributed by atoms with E-state index in [9.17, 15) is 9.59 Å². The first-order valence-corrected chi connectivity index (χ1v) is 11.2. The van der Waals surface area contributed by atoms with Crippen molar-refractivity contribution in [3.8, 4) is 5.69 Å². The molecular formula is C21H26BrN5O2. The summed E-state index contributed by atoms with van der Waals surface area (Å²) in [6.45, 7) is 3.82. The Morgan fingerprint density at radius 2 is 1.97 bits per heavy atom. The zero-order valence-corrected chi connectivity index (χ0v) is 18.2. The molecule has 2 aliphatic rings. The molecule has 2 heterocycles. The quantitative estimate of drug-likeness (QED) is 0.718. The molecule has 0 spiro atoms. The summed E-state index contributed by atoms with van der Waals surface area (Å²) in [5.41, 5.74) is 2.23. The van der Waals surface area contributed by atoms with E-state index in [0.29, 0.717) is 31.2 Å². The Kier molecular flexibility index (Phi) is 5.99. The normalized spacial score (nSPS) is 19.2. The van der Waals surface area contributed by atoms with Crippen molar-refractivity contribution in [2.45, 2.75) is 44.9 Å². The number of carbonyl (C=O) groups is 2. The highest BCUT2D eigenvalue weighted by molar-refractivity contribution is 9.10. The number of hydrogen-bond donors (Lipinski definition) is 1. The van der Waals surface area contributed by atoms with Gasteiger partial charge in [-0.3, -0.25) is 9.59 Å². The molecule has 8 heteroatoms. The van der Waals surface area contributed by atoms with Crippen molar-refractivity contribution in [3.05, 3.63) is 40.1 Å². The van der Waals surface area contributed by atoms with Gasteiger partial charge >= 0.3 is 0 Å². The van der Waals surface area contributed by atoms with Gasteiger partial charge in [0.15, 0.2) is 5.69 Å². The fraction of sp³-hybridized carbons (Fsp3) is 0.524. The summed E-state index contributed by atoms with van der Waals surface area (Å²) in [6.07, 6.45) is 4.65. The SMILES string of the molecule is CCCNC(=O)C1CCCN(C(=O)c2nnn(-c3ccc(Br)cc3)c2C2CC2)C1. The summed E-state index contributed by atoms with van der Waals surface area (Å²) in [6, 6.07) is 7.85. The minimum atomic E-state index is -0.148. The van der Waals surface area contributed by atoms with Gasteiger partial charge in [0.25, 0.3) is 5.91 Å². The molecule has 2 amide bonds. The molecule has 1 atom stereocenters. The molecule has 154 valence electrons. The number of benzene rings is 1. The van der Waals surface area contributed by atoms with Gasteiger partial charge in [-0.2, -0.15) is 0 Å². The third-order valence-electron chi connectivity index (χ3n) is 5.57. The molecule has 1 aromatic carbocycles. The van der Waals surface area contributed by atoms with Crippen LogP contribution in [0.2, 0.25) is 0 Å². The minimum Gasteiger partial charge on any atom is -0.356 e. The highest BCUT2D eigenvalue weighted by Crippen LogP contribution is 2.42. The maximum absolute atomic E-state index is 13.3. The third kappa shape index (κ3) is 4.37. The van der Waals surface area contributed by atoms with Crippen molar-refractivity contribution in [2.24, 2.45) is 5.92 Å². The van der Waals surface area contributed by atoms with Crippen LogP contribution in [0.3, 0.4) is 0 Å². The van der Waals surface area contributed by atoms with Crippen molar-refractivity contribution >= 4 is 27.7 Å². The monoisotopic (exact) mass is 459 g/mol. The molecule has 1 N–H and O–H groups in total. The van der Waals surface area contributed by atoms with E-state index in [0.717, 1.165) is 48.0 Å². The standard InChI is InChI=1S/C21H26BrN5O2/c1-2-11-23-20(28)15-4-3-12-26(13-15)21(29)18-19(14-5-6-14)27(25-24-18)17-9-7-16(22)8-10-17/h7-10,14-15H,2-6,11-13H2,1H3,(H,23,28). The molecule has 0 radical (unpaired) electrons. The Hall–Kier alpha value is -2.22. The molecule has 2 fully saturated rings. The first-order chi connectivity index (χ1) is 14.1. The Balaban J connectivity index is 1.56. The van der Waals surface area contributed by atoms with Crippen molar-refractivity contribution in [2.75, 3.05) is 19.6 Å². The Morgan fingerprint density at radius 3 is 2.66 bits per heavy atom. The van der Waals surface area contributed by atoms with Gasteiger partial charge < -0.3 is 10.2 Å². The van der Waals surface area contributed by atoms with Crippen molar-refractivity contribution in [1.29, 1.82) is 0 Å². The number of aromatic nitrogens is 3. The molecular weight excluding hydrogens is 434 g/mol. The molecule has 4 rings (SSSR count). The van der Waals surface area contributed by atoms with Crippen molar-refractivity contribution in [1.82, 2.24) is 25.2 Å². The lowest BCUT2D eigenvalue weighted by molar-refractivity contribution is -0.126. The van der Waals surface area contributed by atoms with Crippen LogP contribution in [0.25, 0.3) is 5.69 Å². The van der Waals surface area contributed by atoms with E-state index >= 15 is 0 Å². The number of nitrogens with one attached hydrogen (secondary N) is 1. The van der Waals surface area contributed by atoms with Crippen LogP contribution in [0.15, 0.2) is 28.7 Å². The van der Waals surface area contributed by atoms with Crippen LogP contribution in [0, 0.1) is 5.92 Å². The number of halogens is 1. The number of hydrogen-bond acceptors (Lipinski definition) is 4. The molecule has 1 aliphatic carbocycles. The summed E-state index contributed by atoms with van der Waals surface area (Å²) in [5.74, 6) is 0.111. The van der Waals surface area contributed by atoms with Gasteiger partial charge in [0.1, 0.15) is 0 Å². The summed E-state index contributed by atoms with van der Waals surface area (Å²) < 4.78 is 2.79. The van der Waals surface area contributed by atoms with Crippen molar-refractivity contribution in [3.63, 3.8) is 0 Å². The number of likely N-dealkylation sites (tertiary alicyclic amines) is 1. The third-order valence-corrected chi connectivity index (χ3v) is 6.10. The summed E-state index contributed by atoms with van der Waals surface area (Å²) in [7, 11) is 0. The van der Waals surface area contributed by atoms with Gasteiger partial charge in [-0.25, -0.2) is 4.68 Å². The van der Waals surface area contributed by atoms with Gasteiger partial charge in [0.2, 0.25) is 5.91 Å². The van der Waals surface area contributed by atoms with Crippen LogP contribution >= 0.6 is 15.9 Å². The number of piperidine rings is 1. The second-order valence-electron chi connectivity index (χ2n) is 7.87. The van der Waals surface area contributed by atoms with E-state index < -0.39 is 0 Å². The Bertz CT molecular complexity index is 891. The lowest BCUT2D eigenvalue weighted by atomic mass is 9.96. The first-order valence-electron chi connectivity index (χ1n) is 10.4. The smallest absolute Gasteiger partial charge is 0.276 e. The molecule has 1 aliphatic heterocycles. The lowest BCUT2D eigenvalue weighted by Gasteiger charge is -2.31. The van der Waals surface area contributed by atoms with Gasteiger partial charge in [0, 0.05) is 30.0 Å². The summed E-state index contributed by atoms with van der Waals surface area (Å²) in [5, 5.41) is 11.6. The topological polar surface area (TPSA) is 80.1 Å². The van der Waals surface area contributed by atoms with Crippen LogP contribution in [0.1, 0.15) is 61.1 Å². The summed E-state index contributed by atoms with van der Waals surface area (Å²) in [4.78, 5) is 27.5. The van der Waals surface area contributed by atoms with E-state index in [-0.39, 0.29) is 17.7 Å². The zero-order valence-electron chi connectivity index (χ0n) is 16.6. The lowest BCUT2D eigenvalue weighted by Crippen LogP contribution is -2.45. The van der Waals surface area contributed by atoms with E-state index in [1.807, 2.05) is 31.2 Å². The predicted octanol–water partition coefficient (Wildman–Crippen LogP) is 3.29. The van der Waals surface area contributed by atoms with Gasteiger partial charge in [0.05, 0.1) is 17.3 Å². The molecule has 1 saturated carbocycles. The predicted molar refractivity (Wildman–Crippen MR) is 113 cm³/mol. The molecule has 29 heavy (non-hydrogen) atoms. The number of carbonyl (C=O) groups excluding carboxylic acids is 2. The molecule has 7 nitrogen and oxygen atoms in total. The maximum Gasteiger partial charge on any atom is 0.276 e. The molecule has 1 saturated heterocycles. The average molecular weight is 460 g/mol. The summed E-state index contributed by atoms with van der Waals surface area (Å²) >= 11 is 3.45. The number of nitrogens with zero attached hydrogens (tertiary/aromatic N) is 4. The number of rotatable bonds is 6. The minimum absolute atomic E-state index is 0.0466. The highest BCUT2D eigenvalue weighted by Gasteiger charge is 2.37. The van der Waals surface area contributed by atoms with Crippen LogP contribution < -0.4 is 5.32 Å². The Morgan fingerprint density at radius 1 is 1.21 bits per heavy atom. The Labute approximate surface area is 179 Å². The van der Waals surface area contributed by atoms with Crippen LogP contribution in [-0.4, -0.2) is 51.3 Å². The maximum atomic E-state index is 13.3. The second kappa shape index (κ2) is 8.65. The zero-order chi connectivity index (χ0) is 20.4. The van der Waals surface area contributed by atoms with Crippen LogP contribution in [-0.2, 0) is 4.79 Å². The molecule has 2 aromatic rings. The van der Waals surface area contributed by atoms with Gasteiger partial charge in [-0.1, -0.05) is 28.1 Å². The highest BCUT2D eigenvalue weighted by atomic mass is 79.9. The molecule has 1 unspecified atom stereocenters. The number of amides is 2. The van der Waals surface area contributed by atoms with E-state index in [4.69, 9.17) is 0 Å². The first kappa shape index (κ1) is 20.1. The van der Waals surface area contributed by atoms with E-state index in [1.54, 1.807) is 9.58 Å². The van der Waals surface area contributed by atoms with E-state index in [2.05, 4.69) is 31.6 Å². The largest absolute Gasteiger partial charge is 0.356 e. The van der Waals surface area contributed by atoms with Gasteiger partial charge in [-0.15, -0.1) is 5.10 Å². The average Bonchev–Trinajstić information content (AvgIpc) is 3.50. The van der Waals surface area contributed by atoms with Crippen LogP contribution in [0.5, 0.6) is 0 Å². The fourth-order valence-electron chi connectivity index (χ4n) is 3.86. The van der Waals surface area contributed by atoms with Gasteiger partial charge in [-0.05, 0) is 56.4 Å². The van der Waals surface area contributed by atoms with Crippen molar-refractivity contribution < 1.29 is 9.59 Å². The molecule has 1 aromatic heterocycles.